The number of ether oxygens (including phenoxy) is 1. The molecule has 3 aromatic rings. The second-order valence-electron chi connectivity index (χ2n) is 5.14. The molecule has 3 rings (SSSR count). The number of fused-ring (bicyclic) bond motifs is 1. The lowest BCUT2D eigenvalue weighted by molar-refractivity contribution is 0.461. The quantitative estimate of drug-likeness (QED) is 0.605. The third-order valence-electron chi connectivity index (χ3n) is 3.48. The highest BCUT2D eigenvalue weighted by Gasteiger charge is 2.08. The Labute approximate surface area is 129 Å². The zero-order chi connectivity index (χ0) is 14.8. The van der Waals surface area contributed by atoms with Crippen LogP contribution in [0.15, 0.2) is 48.5 Å². The van der Waals surface area contributed by atoms with Gasteiger partial charge in [-0.1, -0.05) is 30.3 Å². The first kappa shape index (κ1) is 13.9. The number of hydrogen-bond donors (Lipinski definition) is 0. The molecule has 3 heteroatoms. The SMILES string of the molecule is Cc1ccc(C)c(Oc2cc(CCl)c3ccccc3n2)c1. The van der Waals surface area contributed by atoms with Crippen molar-refractivity contribution in [2.45, 2.75) is 19.7 Å². The van der Waals surface area contributed by atoms with E-state index >= 15 is 0 Å². The zero-order valence-electron chi connectivity index (χ0n) is 12.1. The van der Waals surface area contributed by atoms with Crippen molar-refractivity contribution in [2.75, 3.05) is 0 Å². The molecule has 0 atom stereocenters. The summed E-state index contributed by atoms with van der Waals surface area (Å²) < 4.78 is 5.97. The Morgan fingerprint density at radius 1 is 1.05 bits per heavy atom. The van der Waals surface area contributed by atoms with Gasteiger partial charge in [0.2, 0.25) is 5.88 Å². The van der Waals surface area contributed by atoms with Crippen molar-refractivity contribution < 1.29 is 4.74 Å². The average molecular weight is 298 g/mol. The molecular weight excluding hydrogens is 282 g/mol. The number of para-hydroxylation sites is 1. The molecule has 0 bridgehead atoms. The number of pyridine rings is 1. The predicted octanol–water partition coefficient (Wildman–Crippen LogP) is 5.38. The molecule has 0 amide bonds. The molecule has 0 aliphatic rings. The molecule has 1 aromatic heterocycles. The van der Waals surface area contributed by atoms with Gasteiger partial charge in [0.25, 0.3) is 0 Å². The Morgan fingerprint density at radius 3 is 2.67 bits per heavy atom. The van der Waals surface area contributed by atoms with E-state index in [1.54, 1.807) is 0 Å². The van der Waals surface area contributed by atoms with Gasteiger partial charge in [0.05, 0.1) is 5.52 Å². The molecule has 0 unspecified atom stereocenters. The van der Waals surface area contributed by atoms with Gasteiger partial charge in [-0.05, 0) is 42.7 Å². The Hall–Kier alpha value is -2.06. The van der Waals surface area contributed by atoms with Gasteiger partial charge in [0.1, 0.15) is 5.75 Å². The van der Waals surface area contributed by atoms with Gasteiger partial charge in [0.15, 0.2) is 0 Å². The molecule has 0 aliphatic heterocycles. The standard InChI is InChI=1S/C18H16ClNO/c1-12-7-8-13(2)17(9-12)21-18-10-14(11-19)15-5-3-4-6-16(15)20-18/h3-10H,11H2,1-2H3. The number of aromatic nitrogens is 1. The summed E-state index contributed by atoms with van der Waals surface area (Å²) in [5, 5.41) is 1.07. The fraction of sp³-hybridized carbons (Fsp3) is 0.167. The Kier molecular flexibility index (Phi) is 3.80. The Bertz CT molecular complexity index is 798. The summed E-state index contributed by atoms with van der Waals surface area (Å²) in [6, 6.07) is 16.0. The largest absolute Gasteiger partial charge is 0.439 e. The minimum Gasteiger partial charge on any atom is -0.439 e. The Morgan fingerprint density at radius 2 is 1.86 bits per heavy atom. The second-order valence-corrected chi connectivity index (χ2v) is 5.41. The van der Waals surface area contributed by atoms with Gasteiger partial charge in [-0.2, -0.15) is 0 Å². The van der Waals surface area contributed by atoms with Crippen molar-refractivity contribution in [3.05, 3.63) is 65.2 Å². The molecule has 0 radical (unpaired) electrons. The molecule has 0 N–H and O–H groups in total. The van der Waals surface area contributed by atoms with E-state index in [9.17, 15) is 0 Å². The van der Waals surface area contributed by atoms with Crippen LogP contribution in [0.2, 0.25) is 0 Å². The maximum atomic E-state index is 6.05. The summed E-state index contributed by atoms with van der Waals surface area (Å²) in [6.07, 6.45) is 0. The number of hydrogen-bond acceptors (Lipinski definition) is 2. The summed E-state index contributed by atoms with van der Waals surface area (Å²) in [4.78, 5) is 4.57. The van der Waals surface area contributed by atoms with E-state index in [0.717, 1.165) is 33.3 Å². The highest BCUT2D eigenvalue weighted by molar-refractivity contribution is 6.18. The van der Waals surface area contributed by atoms with Gasteiger partial charge < -0.3 is 4.74 Å². The molecule has 1 heterocycles. The van der Waals surface area contributed by atoms with Crippen LogP contribution in [-0.2, 0) is 5.88 Å². The van der Waals surface area contributed by atoms with Crippen molar-refractivity contribution in [3.63, 3.8) is 0 Å². The van der Waals surface area contributed by atoms with Crippen LogP contribution < -0.4 is 4.74 Å². The first-order valence-corrected chi connectivity index (χ1v) is 7.40. The van der Waals surface area contributed by atoms with E-state index < -0.39 is 0 Å². The fourth-order valence-corrected chi connectivity index (χ4v) is 2.53. The molecule has 0 saturated carbocycles. The van der Waals surface area contributed by atoms with E-state index in [-0.39, 0.29) is 0 Å². The lowest BCUT2D eigenvalue weighted by Crippen LogP contribution is -1.94. The van der Waals surface area contributed by atoms with Crippen LogP contribution in [0, 0.1) is 13.8 Å². The van der Waals surface area contributed by atoms with Crippen LogP contribution in [0.3, 0.4) is 0 Å². The second kappa shape index (κ2) is 5.74. The van der Waals surface area contributed by atoms with Crippen molar-refractivity contribution >= 4 is 22.5 Å². The third-order valence-corrected chi connectivity index (χ3v) is 3.77. The van der Waals surface area contributed by atoms with Crippen molar-refractivity contribution in [2.24, 2.45) is 0 Å². The summed E-state index contributed by atoms with van der Waals surface area (Å²) in [7, 11) is 0. The molecule has 106 valence electrons. The van der Waals surface area contributed by atoms with E-state index in [2.05, 4.69) is 11.1 Å². The van der Waals surface area contributed by atoms with Crippen molar-refractivity contribution in [1.82, 2.24) is 4.98 Å². The van der Waals surface area contributed by atoms with Crippen LogP contribution in [0.1, 0.15) is 16.7 Å². The Balaban J connectivity index is 2.06. The summed E-state index contributed by atoms with van der Waals surface area (Å²) in [5.41, 5.74) is 4.18. The van der Waals surface area contributed by atoms with E-state index in [4.69, 9.17) is 16.3 Å². The summed E-state index contributed by atoms with van der Waals surface area (Å²) in [6.45, 7) is 4.07. The number of halogens is 1. The lowest BCUT2D eigenvalue weighted by atomic mass is 10.1. The van der Waals surface area contributed by atoms with Gasteiger partial charge in [0, 0.05) is 17.3 Å². The molecule has 0 aliphatic carbocycles. The van der Waals surface area contributed by atoms with Crippen LogP contribution in [0.4, 0.5) is 0 Å². The van der Waals surface area contributed by atoms with Crippen LogP contribution in [-0.4, -0.2) is 4.98 Å². The minimum atomic E-state index is 0.437. The fourth-order valence-electron chi connectivity index (χ4n) is 2.31. The predicted molar refractivity (Wildman–Crippen MR) is 87.3 cm³/mol. The first-order valence-electron chi connectivity index (χ1n) is 6.87. The van der Waals surface area contributed by atoms with E-state index in [1.165, 1.54) is 0 Å². The maximum Gasteiger partial charge on any atom is 0.220 e. The van der Waals surface area contributed by atoms with Crippen LogP contribution in [0.25, 0.3) is 10.9 Å². The van der Waals surface area contributed by atoms with Gasteiger partial charge in [-0.3, -0.25) is 0 Å². The van der Waals surface area contributed by atoms with E-state index in [1.807, 2.05) is 56.3 Å². The van der Waals surface area contributed by atoms with Gasteiger partial charge in [-0.15, -0.1) is 11.6 Å². The maximum absolute atomic E-state index is 6.05. The number of benzene rings is 2. The van der Waals surface area contributed by atoms with Crippen molar-refractivity contribution in [1.29, 1.82) is 0 Å². The molecule has 0 spiro atoms. The smallest absolute Gasteiger partial charge is 0.220 e. The van der Waals surface area contributed by atoms with Gasteiger partial charge in [-0.25, -0.2) is 4.98 Å². The number of nitrogens with zero attached hydrogens (tertiary/aromatic N) is 1. The average Bonchev–Trinajstić information content (AvgIpc) is 2.50. The number of rotatable bonds is 3. The molecule has 21 heavy (non-hydrogen) atoms. The van der Waals surface area contributed by atoms with Crippen molar-refractivity contribution in [3.8, 4) is 11.6 Å². The number of alkyl halides is 1. The zero-order valence-corrected chi connectivity index (χ0v) is 12.8. The highest BCUT2D eigenvalue weighted by atomic mass is 35.5. The first-order chi connectivity index (χ1) is 10.2. The van der Waals surface area contributed by atoms with E-state index in [0.29, 0.717) is 11.8 Å². The molecular formula is C18H16ClNO. The normalized spacial score (nSPS) is 10.8. The monoisotopic (exact) mass is 297 g/mol. The molecule has 2 aromatic carbocycles. The molecule has 0 fully saturated rings. The molecule has 0 saturated heterocycles. The van der Waals surface area contributed by atoms with Gasteiger partial charge >= 0.3 is 0 Å². The highest BCUT2D eigenvalue weighted by Crippen LogP contribution is 2.29. The summed E-state index contributed by atoms with van der Waals surface area (Å²) in [5.74, 6) is 1.85. The van der Waals surface area contributed by atoms with Crippen LogP contribution >= 0.6 is 11.6 Å². The molecule has 2 nitrogen and oxygen atoms in total. The third kappa shape index (κ3) is 2.86. The lowest BCUT2D eigenvalue weighted by Gasteiger charge is -2.11. The summed E-state index contributed by atoms with van der Waals surface area (Å²) >= 11 is 6.05. The topological polar surface area (TPSA) is 22.1 Å². The number of aryl methyl sites for hydroxylation is 2. The minimum absolute atomic E-state index is 0.437. The van der Waals surface area contributed by atoms with Crippen LogP contribution in [0.5, 0.6) is 11.6 Å².